The van der Waals surface area contributed by atoms with Crippen LogP contribution in [-0.4, -0.2) is 37.1 Å². The highest BCUT2D eigenvalue weighted by molar-refractivity contribution is 5.48. The van der Waals surface area contributed by atoms with Crippen molar-refractivity contribution in [2.45, 2.75) is 18.9 Å². The van der Waals surface area contributed by atoms with Gasteiger partial charge in [0.05, 0.1) is 0 Å². The van der Waals surface area contributed by atoms with Gasteiger partial charge in [0.1, 0.15) is 0 Å². The molecule has 1 unspecified atom stereocenters. The smallest absolute Gasteiger partial charge is 0.0227 e. The molecule has 3 saturated heterocycles. The third-order valence-corrected chi connectivity index (χ3v) is 4.26. The standard InChI is InChI=1S/C16H22N2/c1-2-5-14(6-3-1)7-4-10-17-16-13-18-11-8-15(16)9-12-18/h1-7,15-17H,8-13H2/b7-4+. The minimum atomic E-state index is 0.716. The van der Waals surface area contributed by atoms with Crippen molar-refractivity contribution < 1.29 is 0 Å². The van der Waals surface area contributed by atoms with Crippen molar-refractivity contribution in [3.05, 3.63) is 42.0 Å². The molecule has 0 amide bonds. The van der Waals surface area contributed by atoms with E-state index in [2.05, 4.69) is 52.7 Å². The van der Waals surface area contributed by atoms with E-state index in [1.165, 1.54) is 38.0 Å². The second kappa shape index (κ2) is 5.68. The molecule has 18 heavy (non-hydrogen) atoms. The molecule has 3 heterocycles. The lowest BCUT2D eigenvalue weighted by Crippen LogP contribution is -2.56. The summed E-state index contributed by atoms with van der Waals surface area (Å²) in [5.41, 5.74) is 1.29. The van der Waals surface area contributed by atoms with Crippen molar-refractivity contribution in [1.82, 2.24) is 10.2 Å². The largest absolute Gasteiger partial charge is 0.309 e. The van der Waals surface area contributed by atoms with Gasteiger partial charge in [0.25, 0.3) is 0 Å². The molecular formula is C16H22N2. The van der Waals surface area contributed by atoms with E-state index < -0.39 is 0 Å². The minimum Gasteiger partial charge on any atom is -0.309 e. The van der Waals surface area contributed by atoms with Crippen LogP contribution in [0.15, 0.2) is 36.4 Å². The van der Waals surface area contributed by atoms with Crippen molar-refractivity contribution in [3.8, 4) is 0 Å². The molecule has 3 aliphatic heterocycles. The van der Waals surface area contributed by atoms with E-state index in [0.717, 1.165) is 12.5 Å². The molecule has 0 saturated carbocycles. The molecule has 0 radical (unpaired) electrons. The van der Waals surface area contributed by atoms with E-state index >= 15 is 0 Å². The highest BCUT2D eigenvalue weighted by Gasteiger charge is 2.33. The minimum absolute atomic E-state index is 0.716. The monoisotopic (exact) mass is 242 g/mol. The van der Waals surface area contributed by atoms with E-state index in [9.17, 15) is 0 Å². The van der Waals surface area contributed by atoms with Crippen LogP contribution in [0.5, 0.6) is 0 Å². The predicted molar refractivity (Wildman–Crippen MR) is 76.4 cm³/mol. The van der Waals surface area contributed by atoms with Gasteiger partial charge < -0.3 is 10.2 Å². The van der Waals surface area contributed by atoms with Gasteiger partial charge in [0.2, 0.25) is 0 Å². The summed E-state index contributed by atoms with van der Waals surface area (Å²) in [6, 6.07) is 11.2. The Hall–Kier alpha value is -1.12. The number of hydrogen-bond donors (Lipinski definition) is 1. The van der Waals surface area contributed by atoms with E-state index in [1.54, 1.807) is 0 Å². The Kier molecular flexibility index (Phi) is 3.77. The fourth-order valence-electron chi connectivity index (χ4n) is 3.17. The maximum atomic E-state index is 3.69. The molecule has 0 aromatic heterocycles. The maximum absolute atomic E-state index is 3.69. The Labute approximate surface area is 110 Å². The van der Waals surface area contributed by atoms with Gasteiger partial charge in [0.15, 0.2) is 0 Å². The lowest BCUT2D eigenvalue weighted by molar-refractivity contribution is 0.0745. The molecule has 3 fully saturated rings. The summed E-state index contributed by atoms with van der Waals surface area (Å²) in [4.78, 5) is 2.60. The lowest BCUT2D eigenvalue weighted by atomic mass is 9.84. The number of nitrogens with one attached hydrogen (secondary N) is 1. The normalized spacial score (nSPS) is 31.0. The van der Waals surface area contributed by atoms with Gasteiger partial charge in [-0.15, -0.1) is 0 Å². The van der Waals surface area contributed by atoms with Gasteiger partial charge in [-0.25, -0.2) is 0 Å². The van der Waals surface area contributed by atoms with Crippen LogP contribution in [0.1, 0.15) is 18.4 Å². The molecule has 2 heteroatoms. The zero-order valence-electron chi connectivity index (χ0n) is 10.9. The summed E-state index contributed by atoms with van der Waals surface area (Å²) in [5, 5.41) is 3.69. The van der Waals surface area contributed by atoms with Gasteiger partial charge in [-0.2, -0.15) is 0 Å². The Bertz CT molecular complexity index is 391. The first-order chi connectivity index (χ1) is 8.92. The van der Waals surface area contributed by atoms with Gasteiger partial charge in [-0.1, -0.05) is 42.5 Å². The molecule has 1 aromatic carbocycles. The molecule has 3 aliphatic rings. The fourth-order valence-corrected chi connectivity index (χ4v) is 3.17. The van der Waals surface area contributed by atoms with Gasteiger partial charge in [-0.3, -0.25) is 0 Å². The first-order valence-corrected chi connectivity index (χ1v) is 7.09. The average Bonchev–Trinajstić information content (AvgIpc) is 2.46. The quantitative estimate of drug-likeness (QED) is 0.872. The molecule has 2 bridgehead atoms. The van der Waals surface area contributed by atoms with Crippen molar-refractivity contribution in [2.75, 3.05) is 26.2 Å². The number of fused-ring (bicyclic) bond motifs is 3. The van der Waals surface area contributed by atoms with Crippen molar-refractivity contribution in [2.24, 2.45) is 5.92 Å². The van der Waals surface area contributed by atoms with E-state index in [1.807, 2.05) is 0 Å². The Morgan fingerprint density at radius 3 is 2.61 bits per heavy atom. The molecule has 0 spiro atoms. The summed E-state index contributed by atoms with van der Waals surface area (Å²) < 4.78 is 0. The van der Waals surface area contributed by atoms with Crippen molar-refractivity contribution in [3.63, 3.8) is 0 Å². The highest BCUT2D eigenvalue weighted by Crippen LogP contribution is 2.27. The van der Waals surface area contributed by atoms with Crippen LogP contribution < -0.4 is 5.32 Å². The molecule has 4 rings (SSSR count). The van der Waals surface area contributed by atoms with Crippen LogP contribution in [0, 0.1) is 5.92 Å². The first kappa shape index (κ1) is 11.9. The van der Waals surface area contributed by atoms with Crippen LogP contribution in [0.4, 0.5) is 0 Å². The third kappa shape index (κ3) is 2.82. The zero-order chi connectivity index (χ0) is 12.2. The number of piperidine rings is 3. The summed E-state index contributed by atoms with van der Waals surface area (Å²) in [6.45, 7) is 4.89. The van der Waals surface area contributed by atoms with Crippen LogP contribution in [-0.2, 0) is 0 Å². The highest BCUT2D eigenvalue weighted by atomic mass is 15.2. The molecule has 2 nitrogen and oxygen atoms in total. The number of benzene rings is 1. The van der Waals surface area contributed by atoms with E-state index in [0.29, 0.717) is 6.04 Å². The predicted octanol–water partition coefficient (Wildman–Crippen LogP) is 2.38. The summed E-state index contributed by atoms with van der Waals surface area (Å²) >= 11 is 0. The maximum Gasteiger partial charge on any atom is 0.0227 e. The molecule has 96 valence electrons. The van der Waals surface area contributed by atoms with Crippen LogP contribution >= 0.6 is 0 Å². The number of rotatable bonds is 4. The Balaban J connectivity index is 1.46. The zero-order valence-corrected chi connectivity index (χ0v) is 10.9. The van der Waals surface area contributed by atoms with E-state index in [4.69, 9.17) is 0 Å². The molecule has 1 aromatic rings. The fraction of sp³-hybridized carbons (Fsp3) is 0.500. The second-order valence-electron chi connectivity index (χ2n) is 5.47. The Morgan fingerprint density at radius 2 is 1.94 bits per heavy atom. The van der Waals surface area contributed by atoms with Crippen LogP contribution in [0.2, 0.25) is 0 Å². The third-order valence-electron chi connectivity index (χ3n) is 4.26. The SMILES string of the molecule is C(=C\c1ccccc1)/CNC1CN2CCC1CC2. The molecule has 0 aliphatic carbocycles. The number of nitrogens with zero attached hydrogens (tertiary/aromatic N) is 1. The van der Waals surface area contributed by atoms with Crippen molar-refractivity contribution >= 4 is 6.08 Å². The average molecular weight is 242 g/mol. The topological polar surface area (TPSA) is 15.3 Å². The second-order valence-corrected chi connectivity index (χ2v) is 5.47. The van der Waals surface area contributed by atoms with Gasteiger partial charge in [-0.05, 0) is 37.4 Å². The Morgan fingerprint density at radius 1 is 1.17 bits per heavy atom. The molecular weight excluding hydrogens is 220 g/mol. The first-order valence-electron chi connectivity index (χ1n) is 7.09. The number of hydrogen-bond acceptors (Lipinski definition) is 2. The molecule has 1 N–H and O–H groups in total. The van der Waals surface area contributed by atoms with Crippen molar-refractivity contribution in [1.29, 1.82) is 0 Å². The van der Waals surface area contributed by atoms with E-state index in [-0.39, 0.29) is 0 Å². The summed E-state index contributed by atoms with van der Waals surface area (Å²) in [5.74, 6) is 0.917. The summed E-state index contributed by atoms with van der Waals surface area (Å²) in [6.07, 6.45) is 7.22. The van der Waals surface area contributed by atoms with Gasteiger partial charge in [0, 0.05) is 19.1 Å². The van der Waals surface area contributed by atoms with Gasteiger partial charge >= 0.3 is 0 Å². The van der Waals surface area contributed by atoms with Crippen LogP contribution in [0.25, 0.3) is 6.08 Å². The summed E-state index contributed by atoms with van der Waals surface area (Å²) in [7, 11) is 0. The molecule has 1 atom stereocenters. The van der Waals surface area contributed by atoms with Crippen LogP contribution in [0.3, 0.4) is 0 Å². The lowest BCUT2D eigenvalue weighted by Gasteiger charge is -2.45.